The molecule has 0 atom stereocenters. The zero-order chi connectivity index (χ0) is 13.9. The molecule has 100 valence electrons. The molecule has 0 aliphatic heterocycles. The number of hydrogen-bond acceptors (Lipinski definition) is 5. The van der Waals surface area contributed by atoms with Gasteiger partial charge in [-0.1, -0.05) is 6.07 Å². The van der Waals surface area contributed by atoms with Gasteiger partial charge in [0.2, 0.25) is 0 Å². The molecule has 0 amide bonds. The zero-order valence-electron chi connectivity index (χ0n) is 10.6. The third-order valence-electron chi connectivity index (χ3n) is 2.62. The van der Waals surface area contributed by atoms with E-state index in [2.05, 4.69) is 15.3 Å². The monoisotopic (exact) mass is 278 g/mol. The van der Waals surface area contributed by atoms with Crippen molar-refractivity contribution < 1.29 is 8.42 Å². The number of anilines is 2. The highest BCUT2D eigenvalue weighted by Gasteiger charge is 2.25. The minimum absolute atomic E-state index is 0.116. The number of aromatic nitrogens is 2. The fourth-order valence-electron chi connectivity index (χ4n) is 1.60. The molecule has 0 unspecified atom stereocenters. The van der Waals surface area contributed by atoms with Gasteiger partial charge in [0.1, 0.15) is 16.5 Å². The lowest BCUT2D eigenvalue weighted by Gasteiger charge is -2.19. The quantitative estimate of drug-likeness (QED) is 0.913. The van der Waals surface area contributed by atoms with Gasteiger partial charge in [-0.25, -0.2) is 18.4 Å². The van der Waals surface area contributed by atoms with Crippen molar-refractivity contribution in [1.82, 2.24) is 9.97 Å². The van der Waals surface area contributed by atoms with Gasteiger partial charge in [-0.3, -0.25) is 4.31 Å². The predicted molar refractivity (Wildman–Crippen MR) is 73.6 cm³/mol. The lowest BCUT2D eigenvalue weighted by atomic mass is 10.5. The highest BCUT2D eigenvalue weighted by molar-refractivity contribution is 7.93. The van der Waals surface area contributed by atoms with E-state index >= 15 is 0 Å². The van der Waals surface area contributed by atoms with Crippen molar-refractivity contribution in [1.29, 1.82) is 0 Å². The van der Waals surface area contributed by atoms with Crippen molar-refractivity contribution in [2.45, 2.75) is 4.90 Å². The Morgan fingerprint density at radius 1 is 1.11 bits per heavy atom. The Morgan fingerprint density at radius 2 is 1.84 bits per heavy atom. The lowest BCUT2D eigenvalue weighted by molar-refractivity contribution is 0.594. The van der Waals surface area contributed by atoms with E-state index < -0.39 is 10.0 Å². The van der Waals surface area contributed by atoms with Crippen LogP contribution < -0.4 is 9.62 Å². The molecular weight excluding hydrogens is 264 g/mol. The molecule has 2 aromatic heterocycles. The van der Waals surface area contributed by atoms with E-state index in [-0.39, 0.29) is 4.90 Å². The van der Waals surface area contributed by atoms with Gasteiger partial charge in [0.15, 0.2) is 0 Å². The van der Waals surface area contributed by atoms with Crippen molar-refractivity contribution >= 4 is 21.7 Å². The maximum absolute atomic E-state index is 12.5. The van der Waals surface area contributed by atoms with Gasteiger partial charge in [0.05, 0.1) is 0 Å². The zero-order valence-corrected chi connectivity index (χ0v) is 11.4. The molecule has 0 saturated carbocycles. The van der Waals surface area contributed by atoms with E-state index in [9.17, 15) is 8.42 Å². The summed E-state index contributed by atoms with van der Waals surface area (Å²) in [7, 11) is -0.599. The van der Waals surface area contributed by atoms with Gasteiger partial charge in [-0.05, 0) is 24.3 Å². The van der Waals surface area contributed by atoms with E-state index in [0.29, 0.717) is 11.6 Å². The van der Waals surface area contributed by atoms with Crippen molar-refractivity contribution in [2.24, 2.45) is 0 Å². The number of rotatable bonds is 4. The molecule has 0 aromatic carbocycles. The van der Waals surface area contributed by atoms with Crippen LogP contribution in [0.3, 0.4) is 0 Å². The minimum atomic E-state index is -3.69. The number of nitrogens with zero attached hydrogens (tertiary/aromatic N) is 3. The maximum Gasteiger partial charge on any atom is 0.268 e. The Kier molecular flexibility index (Phi) is 3.66. The minimum Gasteiger partial charge on any atom is -0.372 e. The first-order chi connectivity index (χ1) is 9.07. The van der Waals surface area contributed by atoms with Crippen LogP contribution >= 0.6 is 0 Å². The fraction of sp³-hybridized carbons (Fsp3) is 0.167. The largest absolute Gasteiger partial charge is 0.372 e. The topological polar surface area (TPSA) is 75.2 Å². The van der Waals surface area contributed by atoms with Crippen LogP contribution in [0.15, 0.2) is 47.6 Å². The summed E-state index contributed by atoms with van der Waals surface area (Å²) in [5.74, 6) is 0.665. The normalized spacial score (nSPS) is 11.1. The Labute approximate surface area is 112 Å². The Hall–Kier alpha value is -2.15. The van der Waals surface area contributed by atoms with Gasteiger partial charge in [0, 0.05) is 26.5 Å². The highest BCUT2D eigenvalue weighted by atomic mass is 32.2. The third kappa shape index (κ3) is 2.50. The molecule has 0 fully saturated rings. The molecule has 0 aliphatic carbocycles. The predicted octanol–water partition coefficient (Wildman–Crippen LogP) is 1.34. The molecule has 1 N–H and O–H groups in total. The summed E-state index contributed by atoms with van der Waals surface area (Å²) in [5.41, 5.74) is 0. The van der Waals surface area contributed by atoms with Crippen molar-refractivity contribution in [3.8, 4) is 0 Å². The van der Waals surface area contributed by atoms with Crippen LogP contribution in [0.1, 0.15) is 0 Å². The smallest absolute Gasteiger partial charge is 0.268 e. The van der Waals surface area contributed by atoms with Gasteiger partial charge in [-0.2, -0.15) is 0 Å². The van der Waals surface area contributed by atoms with Crippen molar-refractivity contribution in [2.75, 3.05) is 23.7 Å². The molecule has 0 saturated heterocycles. The SMILES string of the molecule is CNc1ncccc1S(=O)(=O)N(C)c1ccccn1. The average molecular weight is 278 g/mol. The first-order valence-corrected chi connectivity index (χ1v) is 7.04. The molecule has 6 nitrogen and oxygen atoms in total. The molecule has 0 aliphatic rings. The summed E-state index contributed by atoms with van der Waals surface area (Å²) in [6, 6.07) is 8.18. The van der Waals surface area contributed by atoms with Crippen molar-refractivity contribution in [3.63, 3.8) is 0 Å². The molecule has 2 aromatic rings. The molecule has 0 bridgehead atoms. The fourth-order valence-corrected chi connectivity index (χ4v) is 2.90. The number of sulfonamides is 1. The highest BCUT2D eigenvalue weighted by Crippen LogP contribution is 2.24. The van der Waals surface area contributed by atoms with E-state index in [0.717, 1.165) is 4.31 Å². The van der Waals surface area contributed by atoms with Crippen molar-refractivity contribution in [3.05, 3.63) is 42.7 Å². The standard InChI is InChI=1S/C12H14N4O2S/c1-13-12-10(6-5-9-15-12)19(17,18)16(2)11-7-3-4-8-14-11/h3-9H,1-2H3,(H,13,15). The Bertz CT molecular complexity index is 658. The second-order valence-electron chi connectivity index (χ2n) is 3.76. The van der Waals surface area contributed by atoms with Crippen LogP contribution in [0.4, 0.5) is 11.6 Å². The molecular formula is C12H14N4O2S. The first-order valence-electron chi connectivity index (χ1n) is 5.60. The summed E-state index contributed by atoms with van der Waals surface area (Å²) < 4.78 is 26.2. The van der Waals surface area contributed by atoms with Gasteiger partial charge in [-0.15, -0.1) is 0 Å². The number of pyridine rings is 2. The molecule has 0 spiro atoms. The Morgan fingerprint density at radius 3 is 2.47 bits per heavy atom. The summed E-state index contributed by atoms with van der Waals surface area (Å²) in [6.45, 7) is 0. The first kappa shape index (κ1) is 13.3. The third-order valence-corrected chi connectivity index (χ3v) is 4.41. The van der Waals surface area contributed by atoms with E-state index in [1.165, 1.54) is 19.3 Å². The summed E-state index contributed by atoms with van der Waals surface area (Å²) in [4.78, 5) is 8.15. The number of nitrogens with one attached hydrogen (secondary N) is 1. The van der Waals surface area contributed by atoms with Crippen LogP contribution in [0.5, 0.6) is 0 Å². The van der Waals surface area contributed by atoms with Gasteiger partial charge >= 0.3 is 0 Å². The van der Waals surface area contributed by atoms with Crippen LogP contribution in [0.2, 0.25) is 0 Å². The number of hydrogen-bond donors (Lipinski definition) is 1. The maximum atomic E-state index is 12.5. The van der Waals surface area contributed by atoms with Crippen LogP contribution in [0, 0.1) is 0 Å². The second-order valence-corrected chi connectivity index (χ2v) is 5.70. The Balaban J connectivity index is 2.48. The van der Waals surface area contributed by atoms with Crippen LogP contribution in [0.25, 0.3) is 0 Å². The summed E-state index contributed by atoms with van der Waals surface area (Å²) in [5, 5.41) is 2.77. The van der Waals surface area contributed by atoms with E-state index in [1.807, 2.05) is 0 Å². The van der Waals surface area contributed by atoms with E-state index in [4.69, 9.17) is 0 Å². The van der Waals surface area contributed by atoms with Crippen LogP contribution in [-0.4, -0.2) is 32.5 Å². The van der Waals surface area contributed by atoms with Crippen LogP contribution in [-0.2, 0) is 10.0 Å². The second kappa shape index (κ2) is 5.23. The molecule has 2 heterocycles. The molecule has 7 heteroatoms. The average Bonchev–Trinajstić information content (AvgIpc) is 2.47. The summed E-state index contributed by atoms with van der Waals surface area (Å²) in [6.07, 6.45) is 3.08. The summed E-state index contributed by atoms with van der Waals surface area (Å²) >= 11 is 0. The van der Waals surface area contributed by atoms with Gasteiger partial charge < -0.3 is 5.32 Å². The van der Waals surface area contributed by atoms with E-state index in [1.54, 1.807) is 37.5 Å². The molecule has 0 radical (unpaired) electrons. The lowest BCUT2D eigenvalue weighted by Crippen LogP contribution is -2.28. The molecule has 19 heavy (non-hydrogen) atoms. The van der Waals surface area contributed by atoms with Gasteiger partial charge in [0.25, 0.3) is 10.0 Å². The molecule has 2 rings (SSSR count).